The van der Waals surface area contributed by atoms with Crippen molar-refractivity contribution < 1.29 is 9.32 Å². The first-order chi connectivity index (χ1) is 12.5. The molecule has 1 saturated heterocycles. The van der Waals surface area contributed by atoms with Crippen LogP contribution in [0, 0.1) is 13.8 Å². The number of aryl methyl sites for hydroxylation is 3. The van der Waals surface area contributed by atoms with Crippen molar-refractivity contribution in [2.45, 2.75) is 33.2 Å². The molecule has 1 fully saturated rings. The van der Waals surface area contributed by atoms with Gasteiger partial charge in [0.15, 0.2) is 5.82 Å². The SMILES string of the molecule is CCn1cc(C(=O)N2CC(c3nc(C)no3)C2)c(=O)c2ccc(C)nc21. The monoisotopic (exact) mass is 353 g/mol. The van der Waals surface area contributed by atoms with E-state index in [1.54, 1.807) is 30.2 Å². The van der Waals surface area contributed by atoms with Gasteiger partial charge in [-0.2, -0.15) is 4.98 Å². The number of fused-ring (bicyclic) bond motifs is 1. The number of likely N-dealkylation sites (tertiary alicyclic amines) is 1. The molecule has 0 aliphatic carbocycles. The zero-order valence-electron chi connectivity index (χ0n) is 14.9. The highest BCUT2D eigenvalue weighted by Gasteiger charge is 2.36. The molecule has 8 heteroatoms. The predicted molar refractivity (Wildman–Crippen MR) is 94.1 cm³/mol. The van der Waals surface area contributed by atoms with Crippen molar-refractivity contribution in [3.05, 3.63) is 51.5 Å². The van der Waals surface area contributed by atoms with E-state index in [9.17, 15) is 9.59 Å². The highest BCUT2D eigenvalue weighted by molar-refractivity contribution is 5.97. The summed E-state index contributed by atoms with van der Waals surface area (Å²) >= 11 is 0. The van der Waals surface area contributed by atoms with E-state index in [-0.39, 0.29) is 22.8 Å². The van der Waals surface area contributed by atoms with E-state index >= 15 is 0 Å². The molecule has 3 aromatic rings. The molecule has 1 aliphatic heterocycles. The molecule has 0 unspecified atom stereocenters. The lowest BCUT2D eigenvalue weighted by Gasteiger charge is -2.37. The lowest BCUT2D eigenvalue weighted by molar-refractivity contribution is 0.0567. The Hall–Kier alpha value is -3.03. The molecule has 4 heterocycles. The zero-order valence-corrected chi connectivity index (χ0v) is 14.9. The molecular formula is C18H19N5O3. The molecule has 4 rings (SSSR count). The summed E-state index contributed by atoms with van der Waals surface area (Å²) in [4.78, 5) is 35.9. The smallest absolute Gasteiger partial charge is 0.259 e. The van der Waals surface area contributed by atoms with Crippen LogP contribution in [0.1, 0.15) is 40.6 Å². The fourth-order valence-electron chi connectivity index (χ4n) is 3.20. The number of carbonyl (C=O) groups excluding carboxylic acids is 1. The molecule has 0 N–H and O–H groups in total. The minimum Gasteiger partial charge on any atom is -0.339 e. The largest absolute Gasteiger partial charge is 0.339 e. The maximum absolute atomic E-state index is 12.8. The Bertz CT molecular complexity index is 1060. The Morgan fingerprint density at radius 2 is 2.04 bits per heavy atom. The van der Waals surface area contributed by atoms with Crippen molar-refractivity contribution in [3.63, 3.8) is 0 Å². The van der Waals surface area contributed by atoms with Gasteiger partial charge < -0.3 is 14.0 Å². The standard InChI is InChI=1S/C18H19N5O3/c1-4-22-9-14(15(24)13-6-5-10(2)19-16(13)22)18(25)23-7-12(8-23)17-20-11(3)21-26-17/h5-6,9,12H,4,7-8H2,1-3H3. The summed E-state index contributed by atoms with van der Waals surface area (Å²) in [6, 6.07) is 3.53. The summed E-state index contributed by atoms with van der Waals surface area (Å²) in [6.07, 6.45) is 1.61. The van der Waals surface area contributed by atoms with Gasteiger partial charge in [-0.1, -0.05) is 5.16 Å². The van der Waals surface area contributed by atoms with Crippen LogP contribution in [-0.4, -0.2) is 43.6 Å². The number of rotatable bonds is 3. The van der Waals surface area contributed by atoms with E-state index in [2.05, 4.69) is 15.1 Å². The number of hydrogen-bond donors (Lipinski definition) is 0. The number of pyridine rings is 2. The van der Waals surface area contributed by atoms with E-state index < -0.39 is 0 Å². The highest BCUT2D eigenvalue weighted by Crippen LogP contribution is 2.27. The van der Waals surface area contributed by atoms with Gasteiger partial charge in [0.25, 0.3) is 5.91 Å². The van der Waals surface area contributed by atoms with Crippen LogP contribution < -0.4 is 5.43 Å². The van der Waals surface area contributed by atoms with Crippen LogP contribution in [0.4, 0.5) is 0 Å². The van der Waals surface area contributed by atoms with Crippen LogP contribution in [0.25, 0.3) is 11.0 Å². The van der Waals surface area contributed by atoms with Gasteiger partial charge in [-0.25, -0.2) is 4.98 Å². The molecule has 0 saturated carbocycles. The zero-order chi connectivity index (χ0) is 18.4. The van der Waals surface area contributed by atoms with E-state index in [1.807, 2.05) is 18.4 Å². The minimum absolute atomic E-state index is 0.0262. The normalized spacial score (nSPS) is 14.7. The summed E-state index contributed by atoms with van der Waals surface area (Å²) < 4.78 is 7.00. The molecule has 3 aromatic heterocycles. The Labute approximate surface area is 149 Å². The van der Waals surface area contributed by atoms with Crippen LogP contribution >= 0.6 is 0 Å². The van der Waals surface area contributed by atoms with Crippen molar-refractivity contribution in [3.8, 4) is 0 Å². The Kier molecular flexibility index (Phi) is 3.82. The van der Waals surface area contributed by atoms with Crippen LogP contribution in [-0.2, 0) is 6.54 Å². The molecule has 1 aliphatic rings. The summed E-state index contributed by atoms with van der Waals surface area (Å²) in [5, 5.41) is 4.24. The van der Waals surface area contributed by atoms with Gasteiger partial charge in [0, 0.05) is 31.5 Å². The molecule has 0 aromatic carbocycles. The first-order valence-electron chi connectivity index (χ1n) is 8.58. The number of nitrogens with zero attached hydrogens (tertiary/aromatic N) is 5. The van der Waals surface area contributed by atoms with E-state index in [0.717, 1.165) is 5.69 Å². The average molecular weight is 353 g/mol. The van der Waals surface area contributed by atoms with Crippen molar-refractivity contribution in [2.24, 2.45) is 0 Å². The van der Waals surface area contributed by atoms with Gasteiger partial charge >= 0.3 is 0 Å². The second-order valence-electron chi connectivity index (χ2n) is 6.57. The van der Waals surface area contributed by atoms with Gasteiger partial charge in [0.1, 0.15) is 11.2 Å². The minimum atomic E-state index is -0.278. The molecule has 0 spiro atoms. The summed E-state index contributed by atoms with van der Waals surface area (Å²) in [5.41, 5.74) is 1.33. The van der Waals surface area contributed by atoms with Crippen LogP contribution in [0.15, 0.2) is 27.6 Å². The summed E-state index contributed by atoms with van der Waals surface area (Å²) in [6.45, 7) is 7.15. The topological polar surface area (TPSA) is 94.1 Å². The first kappa shape index (κ1) is 16.4. The van der Waals surface area contributed by atoms with Gasteiger partial charge in [0.2, 0.25) is 11.3 Å². The van der Waals surface area contributed by atoms with Crippen LogP contribution in [0.2, 0.25) is 0 Å². The van der Waals surface area contributed by atoms with Gasteiger partial charge in [-0.3, -0.25) is 9.59 Å². The van der Waals surface area contributed by atoms with E-state index in [0.29, 0.717) is 42.4 Å². The van der Waals surface area contributed by atoms with Crippen LogP contribution in [0.5, 0.6) is 0 Å². The van der Waals surface area contributed by atoms with Crippen LogP contribution in [0.3, 0.4) is 0 Å². The summed E-state index contributed by atoms with van der Waals surface area (Å²) in [7, 11) is 0. The Morgan fingerprint density at radius 1 is 1.27 bits per heavy atom. The molecule has 1 amide bonds. The fourth-order valence-corrected chi connectivity index (χ4v) is 3.20. The van der Waals surface area contributed by atoms with Crippen molar-refractivity contribution in [1.82, 2.24) is 24.6 Å². The molecular weight excluding hydrogens is 334 g/mol. The van der Waals surface area contributed by atoms with Crippen molar-refractivity contribution >= 4 is 16.9 Å². The highest BCUT2D eigenvalue weighted by atomic mass is 16.5. The number of aromatic nitrogens is 4. The van der Waals surface area contributed by atoms with Gasteiger partial charge in [-0.05, 0) is 32.9 Å². The number of amides is 1. The fraction of sp³-hybridized carbons (Fsp3) is 0.389. The lowest BCUT2D eigenvalue weighted by atomic mass is 9.98. The second kappa shape index (κ2) is 6.05. The Balaban J connectivity index is 1.65. The molecule has 0 atom stereocenters. The summed E-state index contributed by atoms with van der Waals surface area (Å²) in [5.74, 6) is 0.870. The lowest BCUT2D eigenvalue weighted by Crippen LogP contribution is -2.49. The molecule has 26 heavy (non-hydrogen) atoms. The maximum atomic E-state index is 12.8. The van der Waals surface area contributed by atoms with Crippen molar-refractivity contribution in [1.29, 1.82) is 0 Å². The molecule has 8 nitrogen and oxygen atoms in total. The molecule has 0 bridgehead atoms. The first-order valence-corrected chi connectivity index (χ1v) is 8.58. The van der Waals surface area contributed by atoms with E-state index in [4.69, 9.17) is 4.52 Å². The third-order valence-electron chi connectivity index (χ3n) is 4.69. The average Bonchev–Trinajstić information content (AvgIpc) is 2.99. The second-order valence-corrected chi connectivity index (χ2v) is 6.57. The van der Waals surface area contributed by atoms with Gasteiger partial charge in [0.05, 0.1) is 11.3 Å². The Morgan fingerprint density at radius 3 is 2.69 bits per heavy atom. The predicted octanol–water partition coefficient (Wildman–Crippen LogP) is 1.66. The molecule has 0 radical (unpaired) electrons. The van der Waals surface area contributed by atoms with Gasteiger partial charge in [-0.15, -0.1) is 0 Å². The third kappa shape index (κ3) is 2.58. The van der Waals surface area contributed by atoms with Crippen molar-refractivity contribution in [2.75, 3.05) is 13.1 Å². The quantitative estimate of drug-likeness (QED) is 0.711. The maximum Gasteiger partial charge on any atom is 0.259 e. The number of hydrogen-bond acceptors (Lipinski definition) is 6. The third-order valence-corrected chi connectivity index (χ3v) is 4.69. The van der Waals surface area contributed by atoms with E-state index in [1.165, 1.54) is 0 Å². The number of carbonyl (C=O) groups is 1. The molecule has 134 valence electrons.